The third-order valence-electron chi connectivity index (χ3n) is 4.98. The van der Waals surface area contributed by atoms with Gasteiger partial charge in [0, 0.05) is 13.1 Å². The van der Waals surface area contributed by atoms with Gasteiger partial charge >= 0.3 is 0 Å². The van der Waals surface area contributed by atoms with Crippen molar-refractivity contribution in [2.45, 2.75) is 38.9 Å². The number of amides is 1. The summed E-state index contributed by atoms with van der Waals surface area (Å²) >= 11 is 0. The van der Waals surface area contributed by atoms with Gasteiger partial charge in [-0.15, -0.1) is 0 Å². The molecule has 2 aliphatic heterocycles. The molecule has 0 bridgehead atoms. The molecule has 2 saturated heterocycles. The van der Waals surface area contributed by atoms with Crippen LogP contribution in [0.3, 0.4) is 0 Å². The first-order valence-electron chi connectivity index (χ1n) is 7.27. The first-order chi connectivity index (χ1) is 9.74. The largest absolute Gasteiger partial charge is 0.273 e. The summed E-state index contributed by atoms with van der Waals surface area (Å²) in [5, 5.41) is 3.54. The van der Waals surface area contributed by atoms with Crippen LogP contribution in [0.2, 0.25) is 0 Å². The highest BCUT2D eigenvalue weighted by Crippen LogP contribution is 2.48. The van der Waals surface area contributed by atoms with Crippen molar-refractivity contribution in [2.75, 3.05) is 13.1 Å². The molecule has 3 rings (SSSR count). The van der Waals surface area contributed by atoms with Crippen molar-refractivity contribution in [3.05, 3.63) is 35.6 Å². The van der Waals surface area contributed by atoms with Gasteiger partial charge in [-0.05, 0) is 44.9 Å². The van der Waals surface area contributed by atoms with Crippen molar-refractivity contribution < 1.29 is 13.6 Å². The molecule has 1 amide bonds. The van der Waals surface area contributed by atoms with Gasteiger partial charge in [-0.3, -0.25) is 9.80 Å². The maximum atomic E-state index is 14.5. The Morgan fingerprint density at radius 3 is 2.71 bits per heavy atom. The van der Waals surface area contributed by atoms with E-state index in [1.807, 2.05) is 11.1 Å². The van der Waals surface area contributed by atoms with E-state index in [1.54, 1.807) is 18.0 Å². The number of rotatable bonds is 2. The van der Waals surface area contributed by atoms with Gasteiger partial charge in [-0.1, -0.05) is 12.1 Å². The Balaban J connectivity index is 1.95. The number of alkyl halides is 1. The molecule has 0 unspecified atom stereocenters. The second-order valence-electron chi connectivity index (χ2n) is 6.70. The topological polar surface area (TPSA) is 23.6 Å². The smallest absolute Gasteiger partial charge is 0.247 e. The van der Waals surface area contributed by atoms with Crippen LogP contribution >= 0.6 is 0 Å². The average Bonchev–Trinajstić information content (AvgIpc) is 2.89. The van der Waals surface area contributed by atoms with E-state index >= 15 is 0 Å². The van der Waals surface area contributed by atoms with Gasteiger partial charge in [-0.2, -0.15) is 0 Å². The van der Waals surface area contributed by atoms with E-state index in [-0.39, 0.29) is 17.8 Å². The van der Waals surface area contributed by atoms with E-state index in [9.17, 15) is 13.6 Å². The van der Waals surface area contributed by atoms with Crippen LogP contribution in [0.15, 0.2) is 24.3 Å². The Morgan fingerprint density at radius 1 is 1.38 bits per heavy atom. The molecule has 0 saturated carbocycles. The number of hydrazine groups is 1. The minimum Gasteiger partial charge on any atom is -0.273 e. The van der Waals surface area contributed by atoms with Crippen LogP contribution in [0.25, 0.3) is 0 Å². The zero-order valence-electron chi connectivity index (χ0n) is 12.6. The molecule has 0 radical (unpaired) electrons. The minimum absolute atomic E-state index is 0.197. The Hall–Kier alpha value is -1.49. The van der Waals surface area contributed by atoms with E-state index in [0.29, 0.717) is 13.1 Å². The van der Waals surface area contributed by atoms with Gasteiger partial charge in [0.05, 0.1) is 11.5 Å². The van der Waals surface area contributed by atoms with Gasteiger partial charge in [0.15, 0.2) is 0 Å². The number of fused-ring (bicyclic) bond motifs is 1. The Bertz CT molecular complexity index is 584. The van der Waals surface area contributed by atoms with Crippen molar-refractivity contribution in [3.63, 3.8) is 0 Å². The molecule has 1 aromatic rings. The zero-order chi connectivity index (χ0) is 15.4. The molecule has 114 valence electrons. The van der Waals surface area contributed by atoms with E-state index in [1.165, 1.54) is 26.0 Å². The Labute approximate surface area is 123 Å². The molecule has 0 spiro atoms. The van der Waals surface area contributed by atoms with Crippen LogP contribution in [0.5, 0.6) is 0 Å². The molecule has 2 fully saturated rings. The van der Waals surface area contributed by atoms with Crippen molar-refractivity contribution in [2.24, 2.45) is 5.41 Å². The molecule has 0 aliphatic carbocycles. The van der Waals surface area contributed by atoms with Gasteiger partial charge < -0.3 is 0 Å². The second kappa shape index (κ2) is 4.50. The van der Waals surface area contributed by atoms with Gasteiger partial charge in [0.2, 0.25) is 5.91 Å². The van der Waals surface area contributed by atoms with E-state index in [2.05, 4.69) is 0 Å². The quantitative estimate of drug-likeness (QED) is 0.837. The third-order valence-corrected chi connectivity index (χ3v) is 4.98. The highest BCUT2D eigenvalue weighted by molar-refractivity contribution is 5.86. The van der Waals surface area contributed by atoms with Crippen molar-refractivity contribution in [1.82, 2.24) is 10.0 Å². The van der Waals surface area contributed by atoms with Crippen LogP contribution in [-0.2, 0) is 4.79 Å². The normalized spacial score (nSPS) is 30.0. The summed E-state index contributed by atoms with van der Waals surface area (Å²) < 4.78 is 27.9. The predicted octanol–water partition coefficient (Wildman–Crippen LogP) is 3.08. The van der Waals surface area contributed by atoms with Crippen LogP contribution in [-0.4, -0.2) is 34.7 Å². The number of hydrogen-bond acceptors (Lipinski definition) is 2. The molecule has 5 heteroatoms. The SMILES string of the molecule is CC(C)(F)[C@]1(C)CN2CC[C@H](c3cccc(F)c3)N2C1=O. The molecule has 0 N–H and O–H groups in total. The van der Waals surface area contributed by atoms with E-state index < -0.39 is 11.1 Å². The maximum Gasteiger partial charge on any atom is 0.247 e. The second-order valence-corrected chi connectivity index (χ2v) is 6.70. The highest BCUT2D eigenvalue weighted by Gasteiger charge is 2.59. The lowest BCUT2D eigenvalue weighted by Crippen LogP contribution is -2.46. The van der Waals surface area contributed by atoms with Crippen LogP contribution in [0, 0.1) is 11.2 Å². The van der Waals surface area contributed by atoms with Gasteiger partial charge in [-0.25, -0.2) is 13.8 Å². The zero-order valence-corrected chi connectivity index (χ0v) is 12.6. The summed E-state index contributed by atoms with van der Waals surface area (Å²) in [6.45, 7) is 5.65. The maximum absolute atomic E-state index is 14.5. The van der Waals surface area contributed by atoms with Crippen LogP contribution in [0.1, 0.15) is 38.8 Å². The van der Waals surface area contributed by atoms with Crippen LogP contribution < -0.4 is 0 Å². The molecule has 21 heavy (non-hydrogen) atoms. The summed E-state index contributed by atoms with van der Waals surface area (Å²) in [6.07, 6.45) is 0.748. The lowest BCUT2D eigenvalue weighted by atomic mass is 9.76. The average molecular weight is 294 g/mol. The summed E-state index contributed by atoms with van der Waals surface area (Å²) in [5.74, 6) is -0.520. The lowest BCUT2D eigenvalue weighted by Gasteiger charge is -2.33. The third kappa shape index (κ3) is 2.06. The number of benzene rings is 1. The van der Waals surface area contributed by atoms with Gasteiger partial charge in [0.25, 0.3) is 0 Å². The molecule has 2 aliphatic rings. The van der Waals surface area contributed by atoms with Crippen molar-refractivity contribution in [1.29, 1.82) is 0 Å². The molecule has 0 aromatic heterocycles. The van der Waals surface area contributed by atoms with E-state index in [4.69, 9.17) is 0 Å². The number of carbonyl (C=O) groups excluding carboxylic acids is 1. The fourth-order valence-corrected chi connectivity index (χ4v) is 3.27. The summed E-state index contributed by atoms with van der Waals surface area (Å²) in [7, 11) is 0. The lowest BCUT2D eigenvalue weighted by molar-refractivity contribution is -0.147. The summed E-state index contributed by atoms with van der Waals surface area (Å²) in [5.41, 5.74) is -1.88. The fourth-order valence-electron chi connectivity index (χ4n) is 3.27. The van der Waals surface area contributed by atoms with Gasteiger partial charge in [0.1, 0.15) is 11.5 Å². The van der Waals surface area contributed by atoms with Crippen LogP contribution in [0.4, 0.5) is 8.78 Å². The standard InChI is InChI=1S/C16H20F2N2O/c1-15(2,18)16(3)10-19-8-7-13(20(19)14(16)21)11-5-4-6-12(17)9-11/h4-6,9,13H,7-8,10H2,1-3H3/t13-,16-/m1/s1. The molecule has 2 atom stereocenters. The van der Waals surface area contributed by atoms with Crippen molar-refractivity contribution >= 4 is 5.91 Å². The number of hydrogen-bond donors (Lipinski definition) is 0. The number of carbonyl (C=O) groups is 1. The Kier molecular flexibility index (Phi) is 3.10. The first kappa shape index (κ1) is 14.4. The molecular weight excluding hydrogens is 274 g/mol. The molecular formula is C16H20F2N2O. The highest BCUT2D eigenvalue weighted by atomic mass is 19.1. The van der Waals surface area contributed by atoms with E-state index in [0.717, 1.165) is 12.0 Å². The number of nitrogens with zero attached hydrogens (tertiary/aromatic N) is 2. The molecule has 3 nitrogen and oxygen atoms in total. The Morgan fingerprint density at radius 2 is 2.10 bits per heavy atom. The molecule has 2 heterocycles. The van der Waals surface area contributed by atoms with Crippen molar-refractivity contribution in [3.8, 4) is 0 Å². The number of halogens is 2. The first-order valence-corrected chi connectivity index (χ1v) is 7.27. The minimum atomic E-state index is -1.60. The summed E-state index contributed by atoms with van der Waals surface area (Å²) in [4.78, 5) is 12.8. The monoisotopic (exact) mass is 294 g/mol. The molecule has 1 aromatic carbocycles. The predicted molar refractivity (Wildman–Crippen MR) is 75.5 cm³/mol. The fraction of sp³-hybridized carbons (Fsp3) is 0.562. The summed E-state index contributed by atoms with van der Waals surface area (Å²) in [6, 6.07) is 6.11.